The van der Waals surface area contributed by atoms with Gasteiger partial charge < -0.3 is 19.9 Å². The summed E-state index contributed by atoms with van der Waals surface area (Å²) < 4.78 is 47.5. The number of ether oxygens (including phenoxy) is 1. The number of morpholine rings is 1. The lowest BCUT2D eigenvalue weighted by atomic mass is 9.97. The first-order valence-electron chi connectivity index (χ1n) is 11.4. The summed E-state index contributed by atoms with van der Waals surface area (Å²) >= 11 is 0. The van der Waals surface area contributed by atoms with Crippen LogP contribution in [0.3, 0.4) is 0 Å². The lowest BCUT2D eigenvalue weighted by molar-refractivity contribution is -0.141. The second-order valence-electron chi connectivity index (χ2n) is 8.98. The smallest absolute Gasteiger partial charge is 0.372 e. The Morgan fingerprint density at radius 3 is 2.36 bits per heavy atom. The van der Waals surface area contributed by atoms with Crippen LogP contribution in [0.1, 0.15) is 59.8 Å². The quantitative estimate of drug-likeness (QED) is 0.554. The molecule has 192 valence electrons. The monoisotopic (exact) mass is 505 g/mol. The number of nitrogens with one attached hydrogen (secondary N) is 2. The molecule has 0 aromatic carbocycles. The summed E-state index contributed by atoms with van der Waals surface area (Å²) in [7, 11) is 0. The van der Waals surface area contributed by atoms with Crippen LogP contribution in [0.2, 0.25) is 0 Å². The van der Waals surface area contributed by atoms with Crippen LogP contribution in [-0.2, 0) is 10.9 Å². The van der Waals surface area contributed by atoms with Crippen molar-refractivity contribution in [2.75, 3.05) is 18.4 Å². The Balaban J connectivity index is 1.63. The van der Waals surface area contributed by atoms with E-state index in [4.69, 9.17) is 4.74 Å². The average molecular weight is 506 g/mol. The van der Waals surface area contributed by atoms with Crippen molar-refractivity contribution in [2.45, 2.75) is 59.0 Å². The molecule has 1 fully saturated rings. The predicted molar refractivity (Wildman–Crippen MR) is 125 cm³/mol. The van der Waals surface area contributed by atoms with Gasteiger partial charge >= 0.3 is 6.18 Å². The number of carbonyl (C=O) groups is 1. The molecule has 1 amide bonds. The molecule has 36 heavy (non-hydrogen) atoms. The summed E-state index contributed by atoms with van der Waals surface area (Å²) in [6.45, 7) is 9.00. The molecule has 0 saturated carbocycles. The minimum atomic E-state index is -4.79. The van der Waals surface area contributed by atoms with Crippen molar-refractivity contribution in [1.29, 1.82) is 0 Å². The van der Waals surface area contributed by atoms with Gasteiger partial charge in [-0.15, -0.1) is 0 Å². The highest BCUT2D eigenvalue weighted by Crippen LogP contribution is 2.37. The van der Waals surface area contributed by atoms with E-state index in [0.29, 0.717) is 13.1 Å². The highest BCUT2D eigenvalue weighted by Gasteiger charge is 2.39. The molecule has 4 rings (SSSR count). The van der Waals surface area contributed by atoms with E-state index >= 15 is 0 Å². The Morgan fingerprint density at radius 2 is 1.78 bits per heavy atom. The molecule has 3 atom stereocenters. The normalized spacial score (nSPS) is 19.4. The zero-order valence-electron chi connectivity index (χ0n) is 20.4. The third-order valence-corrected chi connectivity index (χ3v) is 5.92. The fraction of sp³-hybridized carbons (Fsp3) is 0.478. The summed E-state index contributed by atoms with van der Waals surface area (Å²) in [5.74, 6) is -0.0747. The first-order valence-corrected chi connectivity index (χ1v) is 11.4. The summed E-state index contributed by atoms with van der Waals surface area (Å²) in [5.41, 5.74) is -1.86. The number of fused-ring (bicyclic) bond motifs is 1. The Kier molecular flexibility index (Phi) is 6.69. The topological polar surface area (TPSA) is 126 Å². The van der Waals surface area contributed by atoms with Crippen LogP contribution in [0.15, 0.2) is 17.2 Å². The van der Waals surface area contributed by atoms with Gasteiger partial charge in [0.1, 0.15) is 5.82 Å². The number of anilines is 1. The number of rotatable bonds is 4. The van der Waals surface area contributed by atoms with Gasteiger partial charge in [0.05, 0.1) is 29.2 Å². The van der Waals surface area contributed by atoms with Gasteiger partial charge in [0.2, 0.25) is 5.95 Å². The fourth-order valence-corrected chi connectivity index (χ4v) is 4.52. The lowest BCUT2D eigenvalue weighted by Gasteiger charge is -2.35. The second kappa shape index (κ2) is 9.45. The first kappa shape index (κ1) is 25.5. The van der Waals surface area contributed by atoms with Gasteiger partial charge in [0.15, 0.2) is 11.3 Å². The van der Waals surface area contributed by atoms with Crippen molar-refractivity contribution in [3.05, 3.63) is 51.0 Å². The number of aromatic amines is 1. The molecule has 3 aromatic rings. The Hall–Kier alpha value is -3.61. The van der Waals surface area contributed by atoms with Crippen LogP contribution in [0, 0.1) is 13.8 Å². The summed E-state index contributed by atoms with van der Waals surface area (Å²) in [6.07, 6.45) is -2.35. The number of amides is 1. The summed E-state index contributed by atoms with van der Waals surface area (Å²) in [4.78, 5) is 45.4. The number of aromatic nitrogens is 5. The van der Waals surface area contributed by atoms with Crippen LogP contribution in [0.4, 0.5) is 19.1 Å². The zero-order valence-corrected chi connectivity index (χ0v) is 20.4. The number of H-pyrrole nitrogens is 1. The molecule has 0 aliphatic carbocycles. The predicted octanol–water partition coefficient (Wildman–Crippen LogP) is 3.17. The molecule has 3 aromatic heterocycles. The van der Waals surface area contributed by atoms with Crippen molar-refractivity contribution in [1.82, 2.24) is 29.8 Å². The maximum Gasteiger partial charge on any atom is 0.433 e. The third kappa shape index (κ3) is 5.01. The van der Waals surface area contributed by atoms with Gasteiger partial charge in [-0.2, -0.15) is 13.2 Å². The zero-order chi connectivity index (χ0) is 26.4. The van der Waals surface area contributed by atoms with Crippen molar-refractivity contribution in [2.24, 2.45) is 0 Å². The van der Waals surface area contributed by atoms with E-state index in [0.717, 1.165) is 0 Å². The number of carbonyl (C=O) groups excluding carboxylic acids is 1. The van der Waals surface area contributed by atoms with E-state index in [1.807, 2.05) is 13.8 Å². The standard InChI is InChI=1S/C23H26F3N7O3/c1-10-8-33(9-11(2)36-10)21(35)15-6-27-22(28-7-15)29-13(4)16-12(3)17-19(30-14(5)31-20(17)34)32-18(16)23(24,25)26/h6-7,10-11,13H,8-9H2,1-5H3,(H,27,28,29)(H,30,31,32,34)/t10-,11+,13?. The Bertz CT molecular complexity index is 1350. The number of hydrogen-bond acceptors (Lipinski definition) is 8. The highest BCUT2D eigenvalue weighted by atomic mass is 19.4. The first-order chi connectivity index (χ1) is 16.8. The molecule has 1 saturated heterocycles. The van der Waals surface area contributed by atoms with Gasteiger partial charge in [-0.1, -0.05) is 0 Å². The molecule has 0 spiro atoms. The Morgan fingerprint density at radius 1 is 1.17 bits per heavy atom. The van der Waals surface area contributed by atoms with Gasteiger partial charge in [-0.05, 0) is 40.2 Å². The molecule has 1 aliphatic heterocycles. The van der Waals surface area contributed by atoms with E-state index < -0.39 is 23.5 Å². The van der Waals surface area contributed by atoms with Crippen molar-refractivity contribution in [3.63, 3.8) is 0 Å². The minimum Gasteiger partial charge on any atom is -0.372 e. The van der Waals surface area contributed by atoms with Crippen LogP contribution in [0.25, 0.3) is 11.0 Å². The van der Waals surface area contributed by atoms with Crippen LogP contribution < -0.4 is 10.9 Å². The maximum atomic E-state index is 13.9. The molecular weight excluding hydrogens is 479 g/mol. The van der Waals surface area contributed by atoms with Crippen molar-refractivity contribution in [3.8, 4) is 0 Å². The maximum absolute atomic E-state index is 13.9. The molecule has 0 bridgehead atoms. The summed E-state index contributed by atoms with van der Waals surface area (Å²) in [5, 5.41) is 2.81. The second-order valence-corrected chi connectivity index (χ2v) is 8.98. The molecule has 13 heteroatoms. The fourth-order valence-electron chi connectivity index (χ4n) is 4.52. The number of alkyl halides is 3. The molecule has 1 unspecified atom stereocenters. The Labute approximate surface area is 204 Å². The van der Waals surface area contributed by atoms with E-state index in [-0.39, 0.29) is 57.6 Å². The number of aryl methyl sites for hydroxylation is 2. The van der Waals surface area contributed by atoms with Gasteiger partial charge in [-0.3, -0.25) is 9.59 Å². The third-order valence-electron chi connectivity index (χ3n) is 5.92. The largest absolute Gasteiger partial charge is 0.433 e. The van der Waals surface area contributed by atoms with E-state index in [9.17, 15) is 22.8 Å². The molecule has 0 radical (unpaired) electrons. The lowest BCUT2D eigenvalue weighted by Crippen LogP contribution is -2.48. The highest BCUT2D eigenvalue weighted by molar-refractivity contribution is 5.93. The van der Waals surface area contributed by atoms with Crippen LogP contribution in [0.5, 0.6) is 0 Å². The van der Waals surface area contributed by atoms with E-state index in [1.165, 1.54) is 33.2 Å². The number of pyridine rings is 1. The number of halogens is 3. The molecular formula is C23H26F3N7O3. The van der Waals surface area contributed by atoms with Gasteiger partial charge in [0, 0.05) is 31.0 Å². The van der Waals surface area contributed by atoms with Crippen molar-refractivity contribution >= 4 is 22.9 Å². The van der Waals surface area contributed by atoms with Gasteiger partial charge in [0.25, 0.3) is 11.5 Å². The number of nitrogens with zero attached hydrogens (tertiary/aromatic N) is 5. The average Bonchev–Trinajstić information content (AvgIpc) is 2.77. The molecule has 2 N–H and O–H groups in total. The van der Waals surface area contributed by atoms with Gasteiger partial charge in [-0.25, -0.2) is 19.9 Å². The minimum absolute atomic E-state index is 0.0197. The molecule has 4 heterocycles. The summed E-state index contributed by atoms with van der Waals surface area (Å²) in [6, 6.07) is -0.971. The molecule has 1 aliphatic rings. The van der Waals surface area contributed by atoms with Crippen LogP contribution >= 0.6 is 0 Å². The van der Waals surface area contributed by atoms with Crippen LogP contribution in [-0.4, -0.2) is 61.0 Å². The van der Waals surface area contributed by atoms with Crippen molar-refractivity contribution < 1.29 is 22.7 Å². The SMILES string of the molecule is Cc1nc2nc(C(F)(F)F)c(C(C)Nc3ncc(C(=O)N4C[C@@H](C)O[C@@H](C)C4)cn3)c(C)c2c(=O)[nH]1. The van der Waals surface area contributed by atoms with E-state index in [1.54, 1.807) is 4.90 Å². The molecule has 10 nitrogen and oxygen atoms in total. The number of hydrogen-bond donors (Lipinski definition) is 2. The van der Waals surface area contributed by atoms with E-state index in [2.05, 4.69) is 30.2 Å².